The van der Waals surface area contributed by atoms with Gasteiger partial charge < -0.3 is 0 Å². The Labute approximate surface area is 76.4 Å². The molecule has 0 saturated heterocycles. The van der Waals surface area contributed by atoms with Crippen LogP contribution in [0.2, 0.25) is 0 Å². The Morgan fingerprint density at radius 1 is 1.54 bits per heavy atom. The zero-order chi connectivity index (χ0) is 9.90. The highest BCUT2D eigenvalue weighted by molar-refractivity contribution is 7.09. The predicted octanol–water partition coefficient (Wildman–Crippen LogP) is 2.21. The van der Waals surface area contributed by atoms with Crippen LogP contribution in [0.15, 0.2) is 11.7 Å². The van der Waals surface area contributed by atoms with Crippen LogP contribution in [0.5, 0.6) is 0 Å². The van der Waals surface area contributed by atoms with Crippen LogP contribution in [-0.4, -0.2) is 16.9 Å². The normalized spacial score (nSPS) is 11.6. The molecule has 1 heterocycles. The van der Waals surface area contributed by atoms with Gasteiger partial charge in [-0.25, -0.2) is 0 Å². The van der Waals surface area contributed by atoms with Gasteiger partial charge in [0.2, 0.25) is 0 Å². The summed E-state index contributed by atoms with van der Waals surface area (Å²) in [7, 11) is 0. The fraction of sp³-hybridized carbons (Fsp3) is 0.429. The molecule has 0 aliphatic rings. The molecule has 1 aromatic rings. The van der Waals surface area contributed by atoms with E-state index in [9.17, 15) is 18.0 Å². The fourth-order valence-corrected chi connectivity index (χ4v) is 1.43. The minimum Gasteiger partial charge on any atom is -0.299 e. The molecule has 13 heavy (non-hydrogen) atoms. The summed E-state index contributed by atoms with van der Waals surface area (Å²) in [5.41, 5.74) is 1.48. The van der Waals surface area contributed by atoms with E-state index >= 15 is 0 Å². The van der Waals surface area contributed by atoms with Crippen molar-refractivity contribution in [2.24, 2.45) is 0 Å². The first-order chi connectivity index (χ1) is 5.97. The zero-order valence-corrected chi connectivity index (χ0v) is 7.28. The van der Waals surface area contributed by atoms with Crippen molar-refractivity contribution in [3.05, 3.63) is 16.6 Å². The Kier molecular flexibility index (Phi) is 3.02. The Morgan fingerprint density at radius 3 is 2.69 bits per heavy atom. The van der Waals surface area contributed by atoms with Gasteiger partial charge in [0.25, 0.3) is 0 Å². The summed E-state index contributed by atoms with van der Waals surface area (Å²) in [6.07, 6.45) is -4.53. The van der Waals surface area contributed by atoms with E-state index in [0.29, 0.717) is 4.88 Å². The summed E-state index contributed by atoms with van der Waals surface area (Å²) < 4.78 is 35.1. The van der Waals surface area contributed by atoms with E-state index in [1.807, 2.05) is 0 Å². The van der Waals surface area contributed by atoms with Crippen LogP contribution < -0.4 is 0 Å². The van der Waals surface area contributed by atoms with Crippen molar-refractivity contribution in [3.8, 4) is 0 Å². The number of aromatic nitrogens is 1. The Bertz CT molecular complexity index is 280. The molecule has 0 aliphatic heterocycles. The Morgan fingerprint density at radius 2 is 2.23 bits per heavy atom. The number of Topliss-reactive ketones (excluding diaryl/α,β-unsaturated/α-hetero) is 1. The average Bonchev–Trinajstić information content (AvgIpc) is 2.34. The summed E-state index contributed by atoms with van der Waals surface area (Å²) in [5, 5.41) is 0. The van der Waals surface area contributed by atoms with Gasteiger partial charge in [-0.05, 0) is 0 Å². The van der Waals surface area contributed by atoms with Gasteiger partial charge in [-0.3, -0.25) is 9.78 Å². The molecule has 0 aliphatic carbocycles. The monoisotopic (exact) mass is 209 g/mol. The van der Waals surface area contributed by atoms with Gasteiger partial charge >= 0.3 is 6.18 Å². The van der Waals surface area contributed by atoms with E-state index in [-0.39, 0.29) is 6.42 Å². The molecule has 0 aromatic carbocycles. The molecule has 72 valence electrons. The van der Waals surface area contributed by atoms with Gasteiger partial charge in [0, 0.05) is 17.5 Å². The number of thiazole rings is 1. The van der Waals surface area contributed by atoms with Crippen molar-refractivity contribution in [3.63, 3.8) is 0 Å². The van der Waals surface area contributed by atoms with E-state index in [4.69, 9.17) is 0 Å². The van der Waals surface area contributed by atoms with Crippen LogP contribution in [0.3, 0.4) is 0 Å². The molecule has 0 atom stereocenters. The molecule has 0 radical (unpaired) electrons. The van der Waals surface area contributed by atoms with Crippen LogP contribution >= 0.6 is 11.3 Å². The highest BCUT2D eigenvalue weighted by Crippen LogP contribution is 2.21. The van der Waals surface area contributed by atoms with Gasteiger partial charge in [-0.2, -0.15) is 13.2 Å². The number of hydrogen-bond acceptors (Lipinski definition) is 3. The van der Waals surface area contributed by atoms with Crippen LogP contribution in [0.25, 0.3) is 0 Å². The second kappa shape index (κ2) is 3.87. The van der Waals surface area contributed by atoms with Crippen molar-refractivity contribution < 1.29 is 18.0 Å². The molecule has 0 bridgehead atoms. The molecule has 0 N–H and O–H groups in total. The van der Waals surface area contributed by atoms with Gasteiger partial charge in [-0.1, -0.05) is 0 Å². The third kappa shape index (κ3) is 4.02. The largest absolute Gasteiger partial charge is 0.395 e. The number of carbonyl (C=O) groups excluding carboxylic acids is 1. The van der Waals surface area contributed by atoms with Gasteiger partial charge in [0.15, 0.2) is 0 Å². The Hall–Kier alpha value is -0.910. The van der Waals surface area contributed by atoms with Crippen molar-refractivity contribution in [2.75, 3.05) is 0 Å². The molecule has 1 aromatic heterocycles. The highest BCUT2D eigenvalue weighted by Gasteiger charge is 2.30. The van der Waals surface area contributed by atoms with Crippen molar-refractivity contribution >= 4 is 17.1 Å². The fourth-order valence-electron chi connectivity index (χ4n) is 0.810. The first kappa shape index (κ1) is 10.2. The molecule has 6 heteroatoms. The summed E-state index contributed by atoms with van der Waals surface area (Å²) in [4.78, 5) is 15.0. The van der Waals surface area contributed by atoms with E-state index in [1.165, 1.54) is 23.0 Å². The minimum absolute atomic E-state index is 0.176. The second-order valence-corrected chi connectivity index (χ2v) is 3.45. The third-order valence-corrected chi connectivity index (χ3v) is 2.03. The molecular weight excluding hydrogens is 203 g/mol. The van der Waals surface area contributed by atoms with Crippen molar-refractivity contribution in [1.29, 1.82) is 0 Å². The number of halogens is 3. The molecule has 0 saturated carbocycles. The number of hydrogen-bond donors (Lipinski definition) is 0. The number of ketones is 1. The van der Waals surface area contributed by atoms with Crippen molar-refractivity contribution in [2.45, 2.75) is 19.0 Å². The summed E-state index contributed by atoms with van der Waals surface area (Å²) in [6, 6.07) is 0. The lowest BCUT2D eigenvalue weighted by atomic mass is 10.2. The van der Waals surface area contributed by atoms with Crippen molar-refractivity contribution in [1.82, 2.24) is 4.98 Å². The van der Waals surface area contributed by atoms with Gasteiger partial charge in [0.05, 0.1) is 5.51 Å². The van der Waals surface area contributed by atoms with E-state index in [0.717, 1.165) is 0 Å². The number of rotatable bonds is 3. The van der Waals surface area contributed by atoms with Crippen LogP contribution in [0.1, 0.15) is 11.3 Å². The molecule has 0 amide bonds. The molecule has 0 unspecified atom stereocenters. The highest BCUT2D eigenvalue weighted by atomic mass is 32.1. The van der Waals surface area contributed by atoms with E-state index in [1.54, 1.807) is 0 Å². The molecule has 0 spiro atoms. The molecule has 1 rings (SSSR count). The summed E-state index contributed by atoms with van der Waals surface area (Å²) in [6.45, 7) is 0. The standard InChI is InChI=1S/C7H6F3NOS/c8-7(9,10)2-5(12)1-6-3-11-4-13-6/h3-4H,1-2H2. The number of carbonyl (C=O) groups is 1. The molecule has 2 nitrogen and oxygen atoms in total. The van der Waals surface area contributed by atoms with Crippen LogP contribution in [-0.2, 0) is 11.2 Å². The molecular formula is C7H6F3NOS. The maximum Gasteiger partial charge on any atom is 0.395 e. The number of nitrogens with zero attached hydrogens (tertiary/aromatic N) is 1. The van der Waals surface area contributed by atoms with E-state index in [2.05, 4.69) is 4.98 Å². The quantitative estimate of drug-likeness (QED) is 0.763. The smallest absolute Gasteiger partial charge is 0.299 e. The SMILES string of the molecule is O=C(Cc1cncs1)CC(F)(F)F. The maximum absolute atomic E-state index is 11.7. The summed E-state index contributed by atoms with van der Waals surface area (Å²) >= 11 is 1.18. The third-order valence-electron chi connectivity index (χ3n) is 1.25. The Balaban J connectivity index is 2.43. The lowest BCUT2D eigenvalue weighted by Gasteiger charge is -2.03. The summed E-state index contributed by atoms with van der Waals surface area (Å²) in [5.74, 6) is -0.822. The predicted molar refractivity (Wildman–Crippen MR) is 41.5 cm³/mol. The lowest BCUT2D eigenvalue weighted by Crippen LogP contribution is -2.16. The average molecular weight is 209 g/mol. The van der Waals surface area contributed by atoms with Gasteiger partial charge in [0.1, 0.15) is 12.2 Å². The topological polar surface area (TPSA) is 30.0 Å². The lowest BCUT2D eigenvalue weighted by molar-refractivity contribution is -0.151. The maximum atomic E-state index is 11.7. The van der Waals surface area contributed by atoms with Crippen LogP contribution in [0.4, 0.5) is 13.2 Å². The van der Waals surface area contributed by atoms with Gasteiger partial charge in [-0.15, -0.1) is 11.3 Å². The first-order valence-corrected chi connectivity index (χ1v) is 4.31. The second-order valence-electron chi connectivity index (χ2n) is 2.48. The minimum atomic E-state index is -4.40. The van der Waals surface area contributed by atoms with Crippen LogP contribution in [0, 0.1) is 0 Å². The first-order valence-electron chi connectivity index (χ1n) is 3.43. The number of alkyl halides is 3. The molecule has 0 fully saturated rings. The van der Waals surface area contributed by atoms with E-state index < -0.39 is 18.4 Å². The zero-order valence-electron chi connectivity index (χ0n) is 6.47.